The number of nitrogens with zero attached hydrogens (tertiary/aromatic N) is 3. The second-order valence-electron chi connectivity index (χ2n) is 5.78. The molecule has 0 aromatic heterocycles. The van der Waals surface area contributed by atoms with E-state index in [1.54, 1.807) is 19.0 Å². The molecule has 0 unspecified atom stereocenters. The Morgan fingerprint density at radius 2 is 1.70 bits per heavy atom. The SMILES string of the molecule is CN(C)C(=O)C1CCN(CC(=O)N2CCOCC2)CC1. The van der Waals surface area contributed by atoms with Gasteiger partial charge < -0.3 is 14.5 Å². The normalized spacial score (nSPS) is 21.8. The summed E-state index contributed by atoms with van der Waals surface area (Å²) in [6.45, 7) is 4.84. The van der Waals surface area contributed by atoms with Gasteiger partial charge in [-0.3, -0.25) is 14.5 Å². The Hall–Kier alpha value is -1.14. The lowest BCUT2D eigenvalue weighted by molar-refractivity contribution is -0.137. The number of piperidine rings is 1. The van der Waals surface area contributed by atoms with Gasteiger partial charge in [-0.05, 0) is 25.9 Å². The Morgan fingerprint density at radius 1 is 1.10 bits per heavy atom. The lowest BCUT2D eigenvalue weighted by atomic mass is 9.95. The molecule has 2 saturated heterocycles. The van der Waals surface area contributed by atoms with Crippen LogP contribution in [0.15, 0.2) is 0 Å². The Labute approximate surface area is 120 Å². The number of rotatable bonds is 3. The van der Waals surface area contributed by atoms with Crippen LogP contribution in [0.4, 0.5) is 0 Å². The third kappa shape index (κ3) is 3.93. The Kier molecular flexibility index (Phi) is 5.37. The van der Waals surface area contributed by atoms with Crippen molar-refractivity contribution in [3.05, 3.63) is 0 Å². The van der Waals surface area contributed by atoms with E-state index in [4.69, 9.17) is 4.74 Å². The molecule has 2 heterocycles. The second kappa shape index (κ2) is 7.04. The van der Waals surface area contributed by atoms with Crippen molar-refractivity contribution in [2.75, 3.05) is 60.0 Å². The van der Waals surface area contributed by atoms with Gasteiger partial charge in [0.25, 0.3) is 0 Å². The zero-order chi connectivity index (χ0) is 14.5. The molecule has 114 valence electrons. The molecule has 6 nitrogen and oxygen atoms in total. The third-order valence-corrected chi connectivity index (χ3v) is 4.10. The minimum atomic E-state index is 0.125. The Morgan fingerprint density at radius 3 is 2.25 bits per heavy atom. The summed E-state index contributed by atoms with van der Waals surface area (Å²) < 4.78 is 5.25. The molecule has 0 aliphatic carbocycles. The minimum Gasteiger partial charge on any atom is -0.378 e. The first-order valence-electron chi connectivity index (χ1n) is 7.37. The molecular weight excluding hydrogens is 258 g/mol. The quantitative estimate of drug-likeness (QED) is 0.710. The summed E-state index contributed by atoms with van der Waals surface area (Å²) in [5.41, 5.74) is 0. The van der Waals surface area contributed by atoms with Crippen molar-refractivity contribution in [2.24, 2.45) is 5.92 Å². The van der Waals surface area contributed by atoms with E-state index in [1.807, 2.05) is 4.90 Å². The van der Waals surface area contributed by atoms with Gasteiger partial charge in [-0.25, -0.2) is 0 Å². The van der Waals surface area contributed by atoms with E-state index in [2.05, 4.69) is 4.90 Å². The molecular formula is C14H25N3O3. The van der Waals surface area contributed by atoms with Crippen molar-refractivity contribution in [1.29, 1.82) is 0 Å². The van der Waals surface area contributed by atoms with Gasteiger partial charge in [0, 0.05) is 33.1 Å². The van der Waals surface area contributed by atoms with Crippen LogP contribution in [0.2, 0.25) is 0 Å². The topological polar surface area (TPSA) is 53.1 Å². The average molecular weight is 283 g/mol. The summed E-state index contributed by atoms with van der Waals surface area (Å²) in [4.78, 5) is 29.7. The van der Waals surface area contributed by atoms with Gasteiger partial charge in [-0.2, -0.15) is 0 Å². The Bertz CT molecular complexity index is 346. The summed E-state index contributed by atoms with van der Waals surface area (Å²) >= 11 is 0. The molecule has 20 heavy (non-hydrogen) atoms. The van der Waals surface area contributed by atoms with Crippen LogP contribution in [0.5, 0.6) is 0 Å². The highest BCUT2D eigenvalue weighted by molar-refractivity contribution is 5.79. The molecule has 2 rings (SSSR count). The highest BCUT2D eigenvalue weighted by atomic mass is 16.5. The zero-order valence-corrected chi connectivity index (χ0v) is 12.5. The van der Waals surface area contributed by atoms with E-state index in [0.29, 0.717) is 32.8 Å². The third-order valence-electron chi connectivity index (χ3n) is 4.10. The van der Waals surface area contributed by atoms with Crippen molar-refractivity contribution in [3.63, 3.8) is 0 Å². The summed E-state index contributed by atoms with van der Waals surface area (Å²) in [5.74, 6) is 0.523. The molecule has 2 aliphatic rings. The largest absolute Gasteiger partial charge is 0.378 e. The van der Waals surface area contributed by atoms with Gasteiger partial charge in [-0.1, -0.05) is 0 Å². The smallest absolute Gasteiger partial charge is 0.236 e. The molecule has 0 aromatic carbocycles. The average Bonchev–Trinajstić information content (AvgIpc) is 2.48. The molecule has 0 bridgehead atoms. The summed E-state index contributed by atoms with van der Waals surface area (Å²) in [6, 6.07) is 0. The van der Waals surface area contributed by atoms with Crippen molar-refractivity contribution in [3.8, 4) is 0 Å². The van der Waals surface area contributed by atoms with Crippen LogP contribution in [-0.4, -0.2) is 86.5 Å². The number of hydrogen-bond donors (Lipinski definition) is 0. The highest BCUT2D eigenvalue weighted by Gasteiger charge is 2.28. The van der Waals surface area contributed by atoms with Crippen LogP contribution in [0.25, 0.3) is 0 Å². The number of likely N-dealkylation sites (tertiary alicyclic amines) is 1. The van der Waals surface area contributed by atoms with Crippen molar-refractivity contribution < 1.29 is 14.3 Å². The fraction of sp³-hybridized carbons (Fsp3) is 0.857. The van der Waals surface area contributed by atoms with Crippen LogP contribution in [-0.2, 0) is 14.3 Å². The van der Waals surface area contributed by atoms with E-state index >= 15 is 0 Å². The van der Waals surface area contributed by atoms with Crippen LogP contribution in [0, 0.1) is 5.92 Å². The summed E-state index contributed by atoms with van der Waals surface area (Å²) in [6.07, 6.45) is 1.71. The summed E-state index contributed by atoms with van der Waals surface area (Å²) in [7, 11) is 3.60. The van der Waals surface area contributed by atoms with Crippen LogP contribution >= 0.6 is 0 Å². The number of morpholine rings is 1. The fourth-order valence-corrected chi connectivity index (χ4v) is 2.81. The van der Waals surface area contributed by atoms with Crippen molar-refractivity contribution >= 4 is 11.8 Å². The van der Waals surface area contributed by atoms with Crippen molar-refractivity contribution in [2.45, 2.75) is 12.8 Å². The van der Waals surface area contributed by atoms with E-state index < -0.39 is 0 Å². The second-order valence-corrected chi connectivity index (χ2v) is 5.78. The van der Waals surface area contributed by atoms with Gasteiger partial charge in [0.1, 0.15) is 0 Å². The first-order valence-corrected chi connectivity index (χ1v) is 7.37. The monoisotopic (exact) mass is 283 g/mol. The molecule has 0 atom stereocenters. The number of ether oxygens (including phenoxy) is 1. The van der Waals surface area contributed by atoms with Gasteiger partial charge in [0.2, 0.25) is 11.8 Å². The maximum Gasteiger partial charge on any atom is 0.236 e. The standard InChI is InChI=1S/C14H25N3O3/c1-15(2)14(19)12-3-5-16(6-4-12)11-13(18)17-7-9-20-10-8-17/h12H,3-11H2,1-2H3. The minimum absolute atomic E-state index is 0.125. The highest BCUT2D eigenvalue weighted by Crippen LogP contribution is 2.18. The van der Waals surface area contributed by atoms with Gasteiger partial charge in [-0.15, -0.1) is 0 Å². The number of carbonyl (C=O) groups is 2. The molecule has 0 spiro atoms. The summed E-state index contributed by atoms with van der Waals surface area (Å²) in [5, 5.41) is 0. The maximum atomic E-state index is 12.1. The molecule has 2 aliphatic heterocycles. The molecule has 2 fully saturated rings. The van der Waals surface area contributed by atoms with Crippen molar-refractivity contribution in [1.82, 2.24) is 14.7 Å². The van der Waals surface area contributed by atoms with Gasteiger partial charge in [0.05, 0.1) is 19.8 Å². The molecule has 2 amide bonds. The number of carbonyl (C=O) groups excluding carboxylic acids is 2. The molecule has 0 radical (unpaired) electrons. The van der Waals surface area contributed by atoms with E-state index in [9.17, 15) is 9.59 Å². The maximum absolute atomic E-state index is 12.1. The molecule has 0 aromatic rings. The predicted octanol–water partition coefficient (Wildman–Crippen LogP) is -0.355. The van der Waals surface area contributed by atoms with Crippen LogP contribution in [0.3, 0.4) is 0 Å². The van der Waals surface area contributed by atoms with E-state index in [1.165, 1.54) is 0 Å². The number of hydrogen-bond acceptors (Lipinski definition) is 4. The Balaban J connectivity index is 1.73. The first-order chi connectivity index (χ1) is 9.58. The molecule has 0 N–H and O–H groups in total. The number of amides is 2. The lowest BCUT2D eigenvalue weighted by Crippen LogP contribution is -2.48. The zero-order valence-electron chi connectivity index (χ0n) is 12.5. The lowest BCUT2D eigenvalue weighted by Gasteiger charge is -2.34. The molecule has 6 heteroatoms. The van der Waals surface area contributed by atoms with Crippen LogP contribution < -0.4 is 0 Å². The first kappa shape index (κ1) is 15.3. The van der Waals surface area contributed by atoms with Crippen LogP contribution in [0.1, 0.15) is 12.8 Å². The van der Waals surface area contributed by atoms with Gasteiger partial charge in [0.15, 0.2) is 0 Å². The van der Waals surface area contributed by atoms with E-state index in [0.717, 1.165) is 25.9 Å². The fourth-order valence-electron chi connectivity index (χ4n) is 2.81. The molecule has 0 saturated carbocycles. The predicted molar refractivity (Wildman–Crippen MR) is 75.3 cm³/mol. The van der Waals surface area contributed by atoms with Gasteiger partial charge >= 0.3 is 0 Å². The van der Waals surface area contributed by atoms with E-state index in [-0.39, 0.29) is 17.7 Å².